The largest absolute Gasteiger partial charge is 0.423 e. The third-order valence-corrected chi connectivity index (χ3v) is 5.23. The van der Waals surface area contributed by atoms with Crippen LogP contribution in [0.15, 0.2) is 47.4 Å². The molecule has 0 aliphatic rings. The SMILES string of the molecule is Cc1cc(OC(=O)c2cccc(S(=O)(=O)N(C)C)c2)ccc1[N+](=O)[O-]. The highest BCUT2D eigenvalue weighted by atomic mass is 32.2. The third kappa shape index (κ3) is 4.01. The molecule has 0 saturated heterocycles. The number of rotatable bonds is 5. The summed E-state index contributed by atoms with van der Waals surface area (Å²) in [4.78, 5) is 22.5. The lowest BCUT2D eigenvalue weighted by molar-refractivity contribution is -0.385. The van der Waals surface area contributed by atoms with Gasteiger partial charge < -0.3 is 4.74 Å². The van der Waals surface area contributed by atoms with E-state index >= 15 is 0 Å². The Bertz CT molecular complexity index is 937. The van der Waals surface area contributed by atoms with Gasteiger partial charge in [0.1, 0.15) is 5.75 Å². The van der Waals surface area contributed by atoms with Crippen molar-refractivity contribution in [1.29, 1.82) is 0 Å². The molecular weight excluding hydrogens is 348 g/mol. The normalized spacial score (nSPS) is 11.4. The van der Waals surface area contributed by atoms with Crippen LogP contribution in [0, 0.1) is 17.0 Å². The topological polar surface area (TPSA) is 107 Å². The molecule has 9 heteroatoms. The van der Waals surface area contributed by atoms with Crippen LogP contribution >= 0.6 is 0 Å². The summed E-state index contributed by atoms with van der Waals surface area (Å²) in [5, 5.41) is 10.8. The van der Waals surface area contributed by atoms with E-state index in [4.69, 9.17) is 4.74 Å². The van der Waals surface area contributed by atoms with E-state index in [-0.39, 0.29) is 21.9 Å². The van der Waals surface area contributed by atoms with Crippen molar-refractivity contribution < 1.29 is 22.9 Å². The van der Waals surface area contributed by atoms with Gasteiger partial charge in [-0.05, 0) is 37.3 Å². The van der Waals surface area contributed by atoms with E-state index in [1.807, 2.05) is 0 Å². The molecule has 0 amide bonds. The third-order valence-electron chi connectivity index (χ3n) is 3.42. The van der Waals surface area contributed by atoms with Crippen molar-refractivity contribution in [2.45, 2.75) is 11.8 Å². The molecule has 0 fully saturated rings. The number of aryl methyl sites for hydroxylation is 1. The summed E-state index contributed by atoms with van der Waals surface area (Å²) < 4.78 is 30.5. The van der Waals surface area contributed by atoms with E-state index in [2.05, 4.69) is 0 Å². The van der Waals surface area contributed by atoms with Crippen molar-refractivity contribution in [3.8, 4) is 5.75 Å². The zero-order chi connectivity index (χ0) is 18.8. The van der Waals surface area contributed by atoms with Gasteiger partial charge in [-0.1, -0.05) is 6.07 Å². The predicted octanol–water partition coefficient (Wildman–Crippen LogP) is 2.37. The van der Waals surface area contributed by atoms with Crippen LogP contribution in [0.3, 0.4) is 0 Å². The molecule has 0 aliphatic heterocycles. The molecule has 0 atom stereocenters. The van der Waals surface area contributed by atoms with Crippen LogP contribution in [0.4, 0.5) is 5.69 Å². The number of carbonyl (C=O) groups excluding carboxylic acids is 1. The maximum Gasteiger partial charge on any atom is 0.343 e. The molecule has 132 valence electrons. The quantitative estimate of drug-likeness (QED) is 0.349. The fraction of sp³-hybridized carbons (Fsp3) is 0.188. The van der Waals surface area contributed by atoms with Gasteiger partial charge in [0, 0.05) is 25.7 Å². The Morgan fingerprint density at radius 1 is 1.16 bits per heavy atom. The predicted molar refractivity (Wildman–Crippen MR) is 90.1 cm³/mol. The van der Waals surface area contributed by atoms with E-state index in [1.54, 1.807) is 0 Å². The van der Waals surface area contributed by atoms with E-state index in [0.29, 0.717) is 5.56 Å². The molecule has 0 aliphatic carbocycles. The van der Waals surface area contributed by atoms with E-state index in [9.17, 15) is 23.3 Å². The zero-order valence-corrected chi connectivity index (χ0v) is 14.6. The van der Waals surface area contributed by atoms with Crippen LogP contribution in [0.1, 0.15) is 15.9 Å². The number of hydrogen-bond acceptors (Lipinski definition) is 6. The maximum atomic E-state index is 12.2. The summed E-state index contributed by atoms with van der Waals surface area (Å²) in [7, 11) is -0.899. The fourth-order valence-electron chi connectivity index (χ4n) is 2.06. The van der Waals surface area contributed by atoms with Crippen LogP contribution < -0.4 is 4.74 Å². The molecule has 2 aromatic rings. The van der Waals surface area contributed by atoms with Gasteiger partial charge in [0.25, 0.3) is 5.69 Å². The monoisotopic (exact) mass is 364 g/mol. The highest BCUT2D eigenvalue weighted by Crippen LogP contribution is 2.24. The maximum absolute atomic E-state index is 12.2. The molecule has 0 radical (unpaired) electrons. The summed E-state index contributed by atoms with van der Waals surface area (Å²) in [6.07, 6.45) is 0. The van der Waals surface area contributed by atoms with Crippen molar-refractivity contribution in [2.24, 2.45) is 0 Å². The summed E-state index contributed by atoms with van der Waals surface area (Å²) in [5.74, 6) is -0.627. The number of hydrogen-bond donors (Lipinski definition) is 0. The van der Waals surface area contributed by atoms with E-state index in [0.717, 1.165) is 4.31 Å². The number of nitro groups is 1. The second kappa shape index (κ2) is 6.99. The van der Waals surface area contributed by atoms with Crippen LogP contribution in [-0.4, -0.2) is 37.7 Å². The first-order chi connectivity index (χ1) is 11.6. The van der Waals surface area contributed by atoms with Crippen LogP contribution in [0.25, 0.3) is 0 Å². The number of ether oxygens (including phenoxy) is 1. The summed E-state index contributed by atoms with van der Waals surface area (Å²) >= 11 is 0. The molecule has 8 nitrogen and oxygen atoms in total. The first-order valence-electron chi connectivity index (χ1n) is 7.12. The minimum Gasteiger partial charge on any atom is -0.423 e. The van der Waals surface area contributed by atoms with Gasteiger partial charge >= 0.3 is 5.97 Å². The van der Waals surface area contributed by atoms with Crippen LogP contribution in [0.5, 0.6) is 5.75 Å². The van der Waals surface area contributed by atoms with Crippen molar-refractivity contribution in [2.75, 3.05) is 14.1 Å². The molecule has 0 unspecified atom stereocenters. The smallest absolute Gasteiger partial charge is 0.343 e. The summed E-state index contributed by atoms with van der Waals surface area (Å²) in [6, 6.07) is 9.38. The highest BCUT2D eigenvalue weighted by Gasteiger charge is 2.20. The molecule has 0 heterocycles. The number of benzene rings is 2. The second-order valence-electron chi connectivity index (χ2n) is 5.41. The molecule has 25 heavy (non-hydrogen) atoms. The van der Waals surface area contributed by atoms with Crippen molar-refractivity contribution in [3.63, 3.8) is 0 Å². The average Bonchev–Trinajstić information content (AvgIpc) is 2.54. The Morgan fingerprint density at radius 2 is 1.84 bits per heavy atom. The average molecular weight is 364 g/mol. The Kier molecular flexibility index (Phi) is 5.19. The van der Waals surface area contributed by atoms with Gasteiger partial charge in [-0.25, -0.2) is 17.5 Å². The van der Waals surface area contributed by atoms with Crippen LogP contribution in [0.2, 0.25) is 0 Å². The number of nitro benzene ring substituents is 1. The fourth-order valence-corrected chi connectivity index (χ4v) is 3.00. The molecule has 0 saturated carbocycles. The van der Waals surface area contributed by atoms with Crippen molar-refractivity contribution in [1.82, 2.24) is 4.31 Å². The molecular formula is C16H16N2O6S. The lowest BCUT2D eigenvalue weighted by atomic mass is 10.2. The summed E-state index contributed by atoms with van der Waals surface area (Å²) in [6.45, 7) is 1.53. The van der Waals surface area contributed by atoms with Gasteiger partial charge in [-0.15, -0.1) is 0 Å². The zero-order valence-electron chi connectivity index (χ0n) is 13.8. The number of esters is 1. The number of nitrogens with zero attached hydrogens (tertiary/aromatic N) is 2. The van der Waals surface area contributed by atoms with E-state index < -0.39 is 20.9 Å². The molecule has 0 bridgehead atoms. The minimum absolute atomic E-state index is 0.0353. The Balaban J connectivity index is 2.28. The molecule has 0 aromatic heterocycles. The molecule has 0 spiro atoms. The van der Waals surface area contributed by atoms with Crippen molar-refractivity contribution in [3.05, 3.63) is 63.7 Å². The van der Waals surface area contributed by atoms with Gasteiger partial charge in [0.2, 0.25) is 10.0 Å². The molecule has 2 rings (SSSR count). The number of carbonyl (C=O) groups is 1. The van der Waals surface area contributed by atoms with E-state index in [1.165, 1.54) is 63.5 Å². The van der Waals surface area contributed by atoms with Crippen LogP contribution in [-0.2, 0) is 10.0 Å². The number of sulfonamides is 1. The molecule has 0 N–H and O–H groups in total. The van der Waals surface area contributed by atoms with Gasteiger partial charge in [0.15, 0.2) is 0 Å². The first-order valence-corrected chi connectivity index (χ1v) is 8.57. The standard InChI is InChI=1S/C16H16N2O6S/c1-11-9-13(7-8-15(11)18(20)21)24-16(19)12-5-4-6-14(10-12)25(22,23)17(2)3/h4-10H,1-3H3. The second-order valence-corrected chi connectivity index (χ2v) is 7.56. The summed E-state index contributed by atoms with van der Waals surface area (Å²) in [5.41, 5.74) is 0.317. The lowest BCUT2D eigenvalue weighted by Gasteiger charge is -2.12. The Hall–Kier alpha value is -2.78. The minimum atomic E-state index is -3.68. The molecule has 2 aromatic carbocycles. The Morgan fingerprint density at radius 3 is 2.40 bits per heavy atom. The van der Waals surface area contributed by atoms with Crippen molar-refractivity contribution >= 4 is 21.7 Å². The first kappa shape index (κ1) is 18.6. The van der Waals surface area contributed by atoms with Gasteiger partial charge in [0.05, 0.1) is 15.4 Å². The highest BCUT2D eigenvalue weighted by molar-refractivity contribution is 7.89. The van der Waals surface area contributed by atoms with Gasteiger partial charge in [-0.3, -0.25) is 10.1 Å². The lowest BCUT2D eigenvalue weighted by Crippen LogP contribution is -2.22. The van der Waals surface area contributed by atoms with Gasteiger partial charge in [-0.2, -0.15) is 0 Å². The Labute approximate surface area is 144 Å².